The molecule has 0 spiro atoms. The second-order valence-electron chi connectivity index (χ2n) is 4.76. The first-order chi connectivity index (χ1) is 8.08. The van der Waals surface area contributed by atoms with Crippen molar-refractivity contribution in [3.8, 4) is 5.75 Å². The molecule has 0 aliphatic heterocycles. The summed E-state index contributed by atoms with van der Waals surface area (Å²) in [7, 11) is 3.63. The Morgan fingerprint density at radius 3 is 2.47 bits per heavy atom. The third kappa shape index (κ3) is 2.75. The largest absolute Gasteiger partial charge is 0.487 e. The molecule has 0 radical (unpaired) electrons. The van der Waals surface area contributed by atoms with Crippen molar-refractivity contribution in [3.05, 3.63) is 29.3 Å². The van der Waals surface area contributed by atoms with Crippen LogP contribution in [0.25, 0.3) is 0 Å². The van der Waals surface area contributed by atoms with Crippen LogP contribution < -0.4 is 4.74 Å². The summed E-state index contributed by atoms with van der Waals surface area (Å²) >= 11 is 0. The van der Waals surface area contributed by atoms with E-state index in [0.29, 0.717) is 12.1 Å². The van der Waals surface area contributed by atoms with Crippen molar-refractivity contribution in [1.82, 2.24) is 4.90 Å². The molecule has 0 aromatic heterocycles. The fourth-order valence-electron chi connectivity index (χ4n) is 1.79. The van der Waals surface area contributed by atoms with Crippen LogP contribution in [0, 0.1) is 11.6 Å². The number of halogens is 2. The molecule has 1 aliphatic rings. The lowest BCUT2D eigenvalue weighted by atomic mass is 9.96. The molecule has 0 atom stereocenters. The van der Waals surface area contributed by atoms with Crippen molar-refractivity contribution in [3.63, 3.8) is 0 Å². The molecule has 2 rings (SSSR count). The lowest BCUT2D eigenvalue weighted by molar-refractivity contribution is 0.113. The predicted octanol–water partition coefficient (Wildman–Crippen LogP) is 2.96. The second-order valence-corrected chi connectivity index (χ2v) is 4.76. The van der Waals surface area contributed by atoms with E-state index in [9.17, 15) is 8.78 Å². The summed E-state index contributed by atoms with van der Waals surface area (Å²) in [6.45, 7) is 0.381. The third-order valence-electron chi connectivity index (χ3n) is 2.96. The Labute approximate surface area is 100 Å². The molecule has 94 valence electrons. The number of benzene rings is 1. The van der Waals surface area contributed by atoms with Crippen molar-refractivity contribution in [1.29, 1.82) is 0 Å². The first-order valence-corrected chi connectivity index (χ1v) is 5.86. The molecule has 0 amide bonds. The smallest absolute Gasteiger partial charge is 0.200 e. The first-order valence-electron chi connectivity index (χ1n) is 5.86. The number of hydrogen-bond donors (Lipinski definition) is 0. The van der Waals surface area contributed by atoms with Crippen LogP contribution in [0.5, 0.6) is 5.75 Å². The van der Waals surface area contributed by atoms with Gasteiger partial charge in [-0.1, -0.05) is 6.07 Å². The zero-order valence-electron chi connectivity index (χ0n) is 10.2. The van der Waals surface area contributed by atoms with Crippen LogP contribution in [0.2, 0.25) is 0 Å². The van der Waals surface area contributed by atoms with Gasteiger partial charge >= 0.3 is 0 Å². The van der Waals surface area contributed by atoms with Gasteiger partial charge in [0.05, 0.1) is 6.10 Å². The summed E-state index contributed by atoms with van der Waals surface area (Å²) in [6, 6.07) is 3.11. The van der Waals surface area contributed by atoms with Gasteiger partial charge < -0.3 is 9.64 Å². The van der Waals surface area contributed by atoms with Gasteiger partial charge in [0.25, 0.3) is 0 Å². The van der Waals surface area contributed by atoms with Crippen LogP contribution in [0.15, 0.2) is 12.1 Å². The van der Waals surface area contributed by atoms with E-state index in [-0.39, 0.29) is 11.9 Å². The van der Waals surface area contributed by atoms with Crippen LogP contribution in [-0.4, -0.2) is 25.1 Å². The second kappa shape index (κ2) is 5.00. The fourth-order valence-corrected chi connectivity index (χ4v) is 1.79. The van der Waals surface area contributed by atoms with E-state index < -0.39 is 11.6 Å². The Balaban J connectivity index is 2.15. The van der Waals surface area contributed by atoms with Crippen LogP contribution >= 0.6 is 0 Å². The van der Waals surface area contributed by atoms with Crippen LogP contribution in [0.4, 0.5) is 8.78 Å². The maximum atomic E-state index is 13.7. The minimum Gasteiger partial charge on any atom is -0.487 e. The molecule has 1 saturated carbocycles. The molecule has 1 aromatic rings. The number of rotatable bonds is 4. The average molecular weight is 241 g/mol. The SMILES string of the molecule is CN(C)Cc1ccc(OC2CCC2)c(F)c1F. The molecule has 0 unspecified atom stereocenters. The number of nitrogens with zero attached hydrogens (tertiary/aromatic N) is 1. The van der Waals surface area contributed by atoms with Gasteiger partial charge in [-0.2, -0.15) is 4.39 Å². The summed E-state index contributed by atoms with van der Waals surface area (Å²) < 4.78 is 32.8. The lowest BCUT2D eigenvalue weighted by Crippen LogP contribution is -2.25. The molecule has 2 nitrogen and oxygen atoms in total. The maximum absolute atomic E-state index is 13.7. The van der Waals surface area contributed by atoms with E-state index >= 15 is 0 Å². The van der Waals surface area contributed by atoms with Crippen LogP contribution in [0.1, 0.15) is 24.8 Å². The van der Waals surface area contributed by atoms with Gasteiger partial charge in [0.1, 0.15) is 0 Å². The van der Waals surface area contributed by atoms with Crippen molar-refractivity contribution >= 4 is 0 Å². The van der Waals surface area contributed by atoms with E-state index in [2.05, 4.69) is 0 Å². The number of ether oxygens (including phenoxy) is 1. The van der Waals surface area contributed by atoms with Crippen molar-refractivity contribution in [2.45, 2.75) is 31.9 Å². The lowest BCUT2D eigenvalue weighted by Gasteiger charge is -2.26. The monoisotopic (exact) mass is 241 g/mol. The Kier molecular flexibility index (Phi) is 3.62. The average Bonchev–Trinajstić information content (AvgIpc) is 2.21. The van der Waals surface area contributed by atoms with E-state index in [4.69, 9.17) is 4.74 Å². The maximum Gasteiger partial charge on any atom is 0.200 e. The van der Waals surface area contributed by atoms with Gasteiger partial charge in [-0.25, -0.2) is 4.39 Å². The van der Waals surface area contributed by atoms with Crippen LogP contribution in [0.3, 0.4) is 0 Å². The molecule has 4 heteroatoms. The predicted molar refractivity (Wildman–Crippen MR) is 62.0 cm³/mol. The highest BCUT2D eigenvalue weighted by molar-refractivity contribution is 5.31. The first kappa shape index (κ1) is 12.3. The highest BCUT2D eigenvalue weighted by Gasteiger charge is 2.22. The van der Waals surface area contributed by atoms with Gasteiger partial charge in [0.15, 0.2) is 11.6 Å². The third-order valence-corrected chi connectivity index (χ3v) is 2.96. The Morgan fingerprint density at radius 1 is 1.24 bits per heavy atom. The Bertz CT molecular complexity index is 403. The summed E-state index contributed by atoms with van der Waals surface area (Å²) in [5.74, 6) is -1.62. The van der Waals surface area contributed by atoms with Gasteiger partial charge in [0, 0.05) is 12.1 Å². The van der Waals surface area contributed by atoms with Gasteiger partial charge in [-0.15, -0.1) is 0 Å². The normalized spacial score (nSPS) is 16.1. The molecule has 1 aliphatic carbocycles. The Hall–Kier alpha value is -1.16. The topological polar surface area (TPSA) is 12.5 Å². The fraction of sp³-hybridized carbons (Fsp3) is 0.538. The molecule has 0 bridgehead atoms. The van der Waals surface area contributed by atoms with Crippen molar-refractivity contribution in [2.75, 3.05) is 14.1 Å². The summed E-state index contributed by atoms with van der Waals surface area (Å²) in [4.78, 5) is 1.80. The minimum atomic E-state index is -0.865. The molecule has 1 fully saturated rings. The highest BCUT2D eigenvalue weighted by Crippen LogP contribution is 2.29. The molecule has 0 N–H and O–H groups in total. The zero-order chi connectivity index (χ0) is 12.4. The van der Waals surface area contributed by atoms with E-state index in [1.807, 2.05) is 14.1 Å². The highest BCUT2D eigenvalue weighted by atomic mass is 19.2. The van der Waals surface area contributed by atoms with Crippen LogP contribution in [-0.2, 0) is 6.54 Å². The Morgan fingerprint density at radius 2 is 1.94 bits per heavy atom. The summed E-state index contributed by atoms with van der Waals surface area (Å²) in [6.07, 6.45) is 3.03. The summed E-state index contributed by atoms with van der Waals surface area (Å²) in [5, 5.41) is 0. The summed E-state index contributed by atoms with van der Waals surface area (Å²) in [5.41, 5.74) is 0.355. The number of hydrogen-bond acceptors (Lipinski definition) is 2. The van der Waals surface area contributed by atoms with E-state index in [1.54, 1.807) is 11.0 Å². The molecule has 0 saturated heterocycles. The molecular weight excluding hydrogens is 224 g/mol. The molecule has 17 heavy (non-hydrogen) atoms. The molecule has 1 aromatic carbocycles. The van der Waals surface area contributed by atoms with E-state index in [1.165, 1.54) is 6.07 Å². The zero-order valence-corrected chi connectivity index (χ0v) is 10.2. The quantitative estimate of drug-likeness (QED) is 0.803. The van der Waals surface area contributed by atoms with Crippen molar-refractivity contribution < 1.29 is 13.5 Å². The molecule has 0 heterocycles. The van der Waals surface area contributed by atoms with Gasteiger partial charge in [-0.3, -0.25) is 0 Å². The standard InChI is InChI=1S/C13H17F2NO/c1-16(2)8-9-6-7-11(13(15)12(9)14)17-10-4-3-5-10/h6-7,10H,3-5,8H2,1-2H3. The minimum absolute atomic E-state index is 0.0368. The van der Waals surface area contributed by atoms with E-state index in [0.717, 1.165) is 19.3 Å². The van der Waals surface area contributed by atoms with Crippen molar-refractivity contribution in [2.24, 2.45) is 0 Å². The molecular formula is C13H17F2NO. The van der Waals surface area contributed by atoms with Gasteiger partial charge in [0.2, 0.25) is 5.82 Å². The van der Waals surface area contributed by atoms with Gasteiger partial charge in [-0.05, 0) is 39.4 Å².